The predicted octanol–water partition coefficient (Wildman–Crippen LogP) is 4.18. The van der Waals surface area contributed by atoms with Gasteiger partial charge >= 0.3 is 6.01 Å². The van der Waals surface area contributed by atoms with E-state index in [1.807, 2.05) is 24.3 Å². The summed E-state index contributed by atoms with van der Waals surface area (Å²) in [5.41, 5.74) is 4.65. The van der Waals surface area contributed by atoms with Crippen molar-refractivity contribution in [3.8, 4) is 11.8 Å². The van der Waals surface area contributed by atoms with E-state index in [9.17, 15) is 0 Å². The molecule has 0 amide bonds. The average molecular weight is 435 g/mol. The van der Waals surface area contributed by atoms with Crippen molar-refractivity contribution in [1.29, 1.82) is 0 Å². The molecule has 7 nitrogen and oxygen atoms in total. The summed E-state index contributed by atoms with van der Waals surface area (Å²) in [7, 11) is 2.05. The van der Waals surface area contributed by atoms with E-state index in [0.717, 1.165) is 48.0 Å². The lowest BCUT2D eigenvalue weighted by atomic mass is 9.94. The van der Waals surface area contributed by atoms with Gasteiger partial charge in [-0.2, -0.15) is 0 Å². The number of nitrogens with one attached hydrogen (secondary N) is 2. The summed E-state index contributed by atoms with van der Waals surface area (Å²) in [4.78, 5) is 12.8. The SMILES string of the molecule is Cn1c(NCc2ccc(Oc3ncc(Cl)cn3)cc2)nc2ccc(CC3CNC3)cc21. The van der Waals surface area contributed by atoms with Crippen molar-refractivity contribution in [3.05, 3.63) is 71.0 Å². The Bertz CT molecular complexity index is 1190. The third-order valence-electron chi connectivity index (χ3n) is 5.52. The van der Waals surface area contributed by atoms with Gasteiger partial charge in [-0.15, -0.1) is 0 Å². The first-order valence-electron chi connectivity index (χ1n) is 10.3. The summed E-state index contributed by atoms with van der Waals surface area (Å²) in [5.74, 6) is 2.27. The first-order chi connectivity index (χ1) is 15.1. The fourth-order valence-electron chi connectivity index (χ4n) is 3.66. The summed E-state index contributed by atoms with van der Waals surface area (Å²) < 4.78 is 7.76. The number of aromatic nitrogens is 4. The van der Waals surface area contributed by atoms with Gasteiger partial charge in [-0.1, -0.05) is 29.8 Å². The van der Waals surface area contributed by atoms with Gasteiger partial charge in [0.05, 0.1) is 28.4 Å². The number of benzene rings is 2. The highest BCUT2D eigenvalue weighted by Crippen LogP contribution is 2.23. The van der Waals surface area contributed by atoms with Gasteiger partial charge in [-0.3, -0.25) is 0 Å². The molecule has 2 N–H and O–H groups in total. The highest BCUT2D eigenvalue weighted by molar-refractivity contribution is 6.30. The van der Waals surface area contributed by atoms with Crippen molar-refractivity contribution in [3.63, 3.8) is 0 Å². The van der Waals surface area contributed by atoms with Crippen LogP contribution in [-0.2, 0) is 20.0 Å². The maximum atomic E-state index is 5.80. The number of hydrogen-bond donors (Lipinski definition) is 2. The van der Waals surface area contributed by atoms with Crippen LogP contribution in [0.4, 0.5) is 5.95 Å². The number of halogens is 1. The Morgan fingerprint density at radius 3 is 2.55 bits per heavy atom. The Hall–Kier alpha value is -3.16. The molecule has 2 aromatic heterocycles. The van der Waals surface area contributed by atoms with Gasteiger partial charge in [-0.25, -0.2) is 15.0 Å². The molecular weight excluding hydrogens is 412 g/mol. The van der Waals surface area contributed by atoms with Gasteiger partial charge in [0.25, 0.3) is 0 Å². The van der Waals surface area contributed by atoms with Crippen molar-refractivity contribution in [1.82, 2.24) is 24.8 Å². The van der Waals surface area contributed by atoms with E-state index in [4.69, 9.17) is 21.3 Å². The first-order valence-corrected chi connectivity index (χ1v) is 10.7. The van der Waals surface area contributed by atoms with Crippen molar-refractivity contribution in [2.75, 3.05) is 18.4 Å². The summed E-state index contributed by atoms with van der Waals surface area (Å²) in [6.45, 7) is 2.90. The molecule has 8 heteroatoms. The summed E-state index contributed by atoms with van der Waals surface area (Å²) in [6, 6.07) is 14.6. The molecule has 0 bridgehead atoms. The Balaban J connectivity index is 1.23. The fourth-order valence-corrected chi connectivity index (χ4v) is 3.76. The molecule has 0 unspecified atom stereocenters. The molecule has 0 radical (unpaired) electrons. The molecule has 0 spiro atoms. The zero-order chi connectivity index (χ0) is 21.2. The highest BCUT2D eigenvalue weighted by Gasteiger charge is 2.17. The molecule has 0 aliphatic carbocycles. The van der Waals surface area contributed by atoms with E-state index in [1.54, 1.807) is 0 Å². The summed E-state index contributed by atoms with van der Waals surface area (Å²) in [6.07, 6.45) is 4.13. The number of aryl methyl sites for hydroxylation is 1. The Kier molecular flexibility index (Phi) is 5.44. The summed E-state index contributed by atoms with van der Waals surface area (Å²) in [5, 5.41) is 7.25. The number of anilines is 1. The molecule has 2 aromatic carbocycles. The van der Waals surface area contributed by atoms with Crippen LogP contribution in [0, 0.1) is 5.92 Å². The van der Waals surface area contributed by atoms with E-state index in [0.29, 0.717) is 17.3 Å². The zero-order valence-corrected chi connectivity index (χ0v) is 17.9. The van der Waals surface area contributed by atoms with Gasteiger partial charge in [0.2, 0.25) is 5.95 Å². The highest BCUT2D eigenvalue weighted by atomic mass is 35.5. The van der Waals surface area contributed by atoms with Gasteiger partial charge in [0.15, 0.2) is 0 Å². The Morgan fingerprint density at radius 1 is 1.10 bits per heavy atom. The second-order valence-electron chi connectivity index (χ2n) is 7.83. The topological polar surface area (TPSA) is 76.9 Å². The van der Waals surface area contributed by atoms with Crippen LogP contribution in [0.15, 0.2) is 54.9 Å². The largest absolute Gasteiger partial charge is 0.424 e. The maximum absolute atomic E-state index is 5.80. The van der Waals surface area contributed by atoms with Crippen molar-refractivity contribution < 1.29 is 4.74 Å². The van der Waals surface area contributed by atoms with Crippen LogP contribution in [0.25, 0.3) is 11.0 Å². The molecule has 1 aliphatic heterocycles. The second-order valence-corrected chi connectivity index (χ2v) is 8.27. The molecule has 1 aliphatic rings. The smallest absolute Gasteiger partial charge is 0.321 e. The Morgan fingerprint density at radius 2 is 1.84 bits per heavy atom. The third-order valence-corrected chi connectivity index (χ3v) is 5.71. The molecule has 0 atom stereocenters. The van der Waals surface area contributed by atoms with Crippen molar-refractivity contribution in [2.45, 2.75) is 13.0 Å². The van der Waals surface area contributed by atoms with Gasteiger partial charge in [0.1, 0.15) is 5.75 Å². The number of hydrogen-bond acceptors (Lipinski definition) is 6. The Labute approximate surface area is 185 Å². The average Bonchev–Trinajstić information content (AvgIpc) is 3.07. The number of fused-ring (bicyclic) bond motifs is 1. The minimum absolute atomic E-state index is 0.267. The second kappa shape index (κ2) is 8.53. The van der Waals surface area contributed by atoms with E-state index in [2.05, 4.69) is 50.4 Å². The maximum Gasteiger partial charge on any atom is 0.321 e. The van der Waals surface area contributed by atoms with Crippen molar-refractivity contribution >= 4 is 28.6 Å². The minimum Gasteiger partial charge on any atom is -0.424 e. The first kappa shape index (κ1) is 19.8. The number of nitrogens with zero attached hydrogens (tertiary/aromatic N) is 4. The zero-order valence-electron chi connectivity index (χ0n) is 17.2. The lowest BCUT2D eigenvalue weighted by Crippen LogP contribution is -2.43. The van der Waals surface area contributed by atoms with E-state index >= 15 is 0 Å². The van der Waals surface area contributed by atoms with Gasteiger partial charge < -0.3 is 19.9 Å². The van der Waals surface area contributed by atoms with Crippen LogP contribution in [-0.4, -0.2) is 32.6 Å². The monoisotopic (exact) mass is 434 g/mol. The van der Waals surface area contributed by atoms with Gasteiger partial charge in [-0.05, 0) is 60.8 Å². The number of rotatable bonds is 7. The molecular formula is C23H23ClN6O. The lowest BCUT2D eigenvalue weighted by molar-refractivity contribution is 0.346. The quantitative estimate of drug-likeness (QED) is 0.454. The number of imidazole rings is 1. The minimum atomic E-state index is 0.267. The molecule has 31 heavy (non-hydrogen) atoms. The van der Waals surface area contributed by atoms with E-state index in [-0.39, 0.29) is 6.01 Å². The van der Waals surface area contributed by atoms with Crippen molar-refractivity contribution in [2.24, 2.45) is 13.0 Å². The van der Waals surface area contributed by atoms with Crippen LogP contribution >= 0.6 is 11.6 Å². The molecule has 3 heterocycles. The molecule has 158 valence electrons. The van der Waals surface area contributed by atoms with Gasteiger partial charge in [0, 0.05) is 13.6 Å². The summed E-state index contributed by atoms with van der Waals surface area (Å²) >= 11 is 5.80. The lowest BCUT2D eigenvalue weighted by Gasteiger charge is -2.27. The van der Waals surface area contributed by atoms with E-state index in [1.165, 1.54) is 18.0 Å². The standard InChI is InChI=1S/C23H23ClN6O/c1-30-21-9-16(8-17-10-25-11-17)4-7-20(21)29-22(30)26-12-15-2-5-19(6-3-15)31-23-27-13-18(24)14-28-23/h2-7,9,13-14,17,25H,8,10-12H2,1H3,(H,26,29). The molecule has 0 saturated carbocycles. The van der Waals surface area contributed by atoms with Crippen LogP contribution in [0.2, 0.25) is 5.02 Å². The molecule has 1 saturated heterocycles. The fraction of sp³-hybridized carbons (Fsp3) is 0.261. The normalized spacial score (nSPS) is 13.9. The molecule has 4 aromatic rings. The van der Waals surface area contributed by atoms with E-state index < -0.39 is 0 Å². The molecule has 5 rings (SSSR count). The predicted molar refractivity (Wildman–Crippen MR) is 122 cm³/mol. The molecule has 1 fully saturated rings. The number of ether oxygens (including phenoxy) is 1. The van der Waals surface area contributed by atoms with Crippen LogP contribution in [0.1, 0.15) is 11.1 Å². The van der Waals surface area contributed by atoms with Crippen LogP contribution in [0.3, 0.4) is 0 Å². The third kappa shape index (κ3) is 4.47. The van der Waals surface area contributed by atoms with Crippen LogP contribution in [0.5, 0.6) is 11.8 Å². The van der Waals surface area contributed by atoms with Crippen LogP contribution < -0.4 is 15.4 Å².